The van der Waals surface area contributed by atoms with Crippen molar-refractivity contribution >= 4 is 52.8 Å². The topological polar surface area (TPSA) is 69.4 Å². The summed E-state index contributed by atoms with van der Waals surface area (Å²) in [6, 6.07) is 10.2. The molecular formula is C10H8NO3STl. The van der Waals surface area contributed by atoms with Crippen LogP contribution in [0.15, 0.2) is 41.3 Å². The van der Waals surface area contributed by atoms with E-state index < -0.39 is 10.1 Å². The molecule has 0 aliphatic carbocycles. The second kappa shape index (κ2) is 4.30. The zero-order chi connectivity index (χ0) is 11.8. The number of hydrogen-bond donors (Lipinski definition) is 1. The van der Waals surface area contributed by atoms with E-state index in [4.69, 9.17) is 5.73 Å². The van der Waals surface area contributed by atoms with Crippen molar-refractivity contribution in [3.63, 3.8) is 0 Å². The van der Waals surface area contributed by atoms with Crippen molar-refractivity contribution in [3.8, 4) is 0 Å². The van der Waals surface area contributed by atoms with E-state index in [2.05, 4.69) is 2.13 Å². The molecule has 2 aromatic rings. The van der Waals surface area contributed by atoms with Gasteiger partial charge in [-0.25, -0.2) is 0 Å². The summed E-state index contributed by atoms with van der Waals surface area (Å²) in [5.74, 6) is 0. The minimum atomic E-state index is -3.62. The van der Waals surface area contributed by atoms with Gasteiger partial charge >= 0.3 is 110 Å². The van der Waals surface area contributed by atoms with E-state index in [1.54, 1.807) is 24.3 Å². The van der Waals surface area contributed by atoms with Gasteiger partial charge in [0.25, 0.3) is 0 Å². The quantitative estimate of drug-likeness (QED) is 0.579. The first-order chi connectivity index (χ1) is 7.56. The van der Waals surface area contributed by atoms with E-state index in [0.717, 1.165) is 5.39 Å². The third-order valence-corrected chi connectivity index (χ3v) is 6.42. The SMILES string of the molecule is Nc1ccc(S(=O)(=O)[O][Tl])c2ccccc12. The molecule has 0 fully saturated rings. The van der Waals surface area contributed by atoms with Crippen LogP contribution in [0.4, 0.5) is 5.69 Å². The van der Waals surface area contributed by atoms with Crippen molar-refractivity contribution in [2.75, 3.05) is 5.73 Å². The molecule has 0 spiro atoms. The van der Waals surface area contributed by atoms with Gasteiger partial charge in [-0.1, -0.05) is 0 Å². The summed E-state index contributed by atoms with van der Waals surface area (Å²) < 4.78 is 28.1. The Kier molecular flexibility index (Phi) is 3.18. The fourth-order valence-corrected chi connectivity index (χ4v) is 3.56. The van der Waals surface area contributed by atoms with Crippen molar-refractivity contribution in [2.24, 2.45) is 0 Å². The molecule has 0 atom stereocenters. The van der Waals surface area contributed by atoms with Gasteiger partial charge in [-0.3, -0.25) is 0 Å². The van der Waals surface area contributed by atoms with E-state index in [-0.39, 0.29) is 31.1 Å². The zero-order valence-corrected chi connectivity index (χ0v) is 13.6. The second-order valence-electron chi connectivity index (χ2n) is 3.25. The van der Waals surface area contributed by atoms with Gasteiger partial charge in [0, 0.05) is 0 Å². The number of fused-ring (bicyclic) bond motifs is 1. The van der Waals surface area contributed by atoms with Gasteiger partial charge in [-0.15, -0.1) is 0 Å². The molecule has 4 nitrogen and oxygen atoms in total. The average Bonchev–Trinajstić information content (AvgIpc) is 2.29. The molecule has 80 valence electrons. The zero-order valence-electron chi connectivity index (χ0n) is 8.25. The normalized spacial score (nSPS) is 11.7. The fourth-order valence-electron chi connectivity index (χ4n) is 1.56. The van der Waals surface area contributed by atoms with Gasteiger partial charge in [-0.05, 0) is 0 Å². The first-order valence-corrected chi connectivity index (χ1v) is 7.71. The number of rotatable bonds is 2. The fraction of sp³-hybridized carbons (Fsp3) is 0. The van der Waals surface area contributed by atoms with Crippen LogP contribution in [-0.2, 0) is 12.3 Å². The van der Waals surface area contributed by atoms with Crippen molar-refractivity contribution in [2.45, 2.75) is 4.90 Å². The molecule has 0 aliphatic rings. The molecule has 0 unspecified atom stereocenters. The van der Waals surface area contributed by atoms with Crippen LogP contribution in [0.2, 0.25) is 0 Å². The number of hydrogen-bond acceptors (Lipinski definition) is 4. The molecule has 0 bridgehead atoms. The first kappa shape index (κ1) is 11.8. The van der Waals surface area contributed by atoms with Gasteiger partial charge in [0.2, 0.25) is 0 Å². The van der Waals surface area contributed by atoms with Crippen LogP contribution < -0.4 is 5.73 Å². The first-order valence-electron chi connectivity index (χ1n) is 4.47. The predicted octanol–water partition coefficient (Wildman–Crippen LogP) is 1.21. The summed E-state index contributed by atoms with van der Waals surface area (Å²) >= 11 is -0.0636. The van der Waals surface area contributed by atoms with Gasteiger partial charge in [0.1, 0.15) is 0 Å². The van der Waals surface area contributed by atoms with Crippen LogP contribution in [0.5, 0.6) is 0 Å². The summed E-state index contributed by atoms with van der Waals surface area (Å²) in [5, 5.41) is 1.33. The number of nitrogen functional groups attached to an aromatic ring is 1. The Labute approximate surface area is 110 Å². The van der Waals surface area contributed by atoms with E-state index in [1.165, 1.54) is 6.07 Å². The Balaban J connectivity index is 2.88. The molecule has 0 radical (unpaired) electrons. The Hall–Kier alpha value is -0.668. The molecule has 6 heteroatoms. The van der Waals surface area contributed by atoms with Crippen LogP contribution in [0.3, 0.4) is 0 Å². The molecule has 16 heavy (non-hydrogen) atoms. The van der Waals surface area contributed by atoms with E-state index in [9.17, 15) is 8.42 Å². The van der Waals surface area contributed by atoms with Crippen LogP contribution in [0.25, 0.3) is 10.8 Å². The Morgan fingerprint density at radius 1 is 1.06 bits per heavy atom. The summed E-state index contributed by atoms with van der Waals surface area (Å²) in [6.07, 6.45) is 0. The van der Waals surface area contributed by atoms with Gasteiger partial charge in [-0.2, -0.15) is 0 Å². The Morgan fingerprint density at radius 2 is 1.69 bits per heavy atom. The molecule has 0 heterocycles. The van der Waals surface area contributed by atoms with Crippen LogP contribution in [-0.4, -0.2) is 34.6 Å². The maximum atomic E-state index is 11.7. The van der Waals surface area contributed by atoms with E-state index in [1.807, 2.05) is 6.07 Å². The van der Waals surface area contributed by atoms with Crippen LogP contribution >= 0.6 is 0 Å². The van der Waals surface area contributed by atoms with E-state index in [0.29, 0.717) is 11.1 Å². The minimum absolute atomic E-state index is 0.0636. The number of nitrogens with two attached hydrogens (primary N) is 1. The van der Waals surface area contributed by atoms with Gasteiger partial charge < -0.3 is 0 Å². The Morgan fingerprint density at radius 3 is 2.31 bits per heavy atom. The average molecular weight is 427 g/mol. The van der Waals surface area contributed by atoms with Crippen LogP contribution in [0.1, 0.15) is 0 Å². The molecule has 0 aliphatic heterocycles. The molecule has 0 aromatic heterocycles. The molecule has 0 amide bonds. The Bertz CT molecular complexity index is 640. The summed E-state index contributed by atoms with van der Waals surface area (Å²) in [7, 11) is -3.62. The number of benzene rings is 2. The summed E-state index contributed by atoms with van der Waals surface area (Å²) in [6.45, 7) is 0. The third-order valence-electron chi connectivity index (χ3n) is 2.31. The molecule has 0 saturated carbocycles. The monoisotopic (exact) mass is 427 g/mol. The predicted molar refractivity (Wildman–Crippen MR) is 62.4 cm³/mol. The summed E-state index contributed by atoms with van der Waals surface area (Å²) in [5.41, 5.74) is 6.35. The molecular weight excluding hydrogens is 419 g/mol. The maximum absolute atomic E-state index is 11.7. The molecule has 2 N–H and O–H groups in total. The third kappa shape index (κ3) is 1.94. The molecule has 2 aromatic carbocycles. The van der Waals surface area contributed by atoms with Crippen molar-refractivity contribution in [1.82, 2.24) is 0 Å². The van der Waals surface area contributed by atoms with E-state index >= 15 is 0 Å². The molecule has 2 rings (SSSR count). The van der Waals surface area contributed by atoms with Crippen LogP contribution in [0, 0.1) is 0 Å². The van der Waals surface area contributed by atoms with Crippen molar-refractivity contribution < 1.29 is 10.6 Å². The van der Waals surface area contributed by atoms with Crippen molar-refractivity contribution in [1.29, 1.82) is 0 Å². The van der Waals surface area contributed by atoms with Crippen molar-refractivity contribution in [3.05, 3.63) is 36.4 Å². The molecule has 0 saturated heterocycles. The van der Waals surface area contributed by atoms with Gasteiger partial charge in [0.05, 0.1) is 0 Å². The van der Waals surface area contributed by atoms with Gasteiger partial charge in [0.15, 0.2) is 0 Å². The number of anilines is 1. The standard InChI is InChI=1S/C10H9NO3S.Tl/c11-9-5-6-10(15(12,13)14)8-4-2-1-3-7(8)9;/h1-6H,11H2,(H,12,13,14);/q;+1/p-1. The second-order valence-corrected chi connectivity index (χ2v) is 7.03. The summed E-state index contributed by atoms with van der Waals surface area (Å²) in [4.78, 5) is 0.180.